The lowest BCUT2D eigenvalue weighted by atomic mass is 10.1. The maximum Gasteiger partial charge on any atom is 0.156 e. The van der Waals surface area contributed by atoms with Crippen LogP contribution in [-0.2, 0) is 6.42 Å². The molecule has 0 fully saturated rings. The first-order valence-corrected chi connectivity index (χ1v) is 8.19. The van der Waals surface area contributed by atoms with Crippen LogP contribution in [-0.4, -0.2) is 16.3 Å². The largest absolute Gasteiger partial charge is 0.454 e. The molecule has 0 atom stereocenters. The van der Waals surface area contributed by atoms with Crippen LogP contribution in [0.1, 0.15) is 11.1 Å². The van der Waals surface area contributed by atoms with Crippen molar-refractivity contribution >= 4 is 16.8 Å². The number of nitrogens with one attached hydrogen (secondary N) is 1. The number of furan rings is 1. The topological polar surface area (TPSA) is 66.8 Å². The molecule has 2 aromatic heterocycles. The van der Waals surface area contributed by atoms with Gasteiger partial charge in [-0.15, -0.1) is 0 Å². The fourth-order valence-electron chi connectivity index (χ4n) is 3.40. The van der Waals surface area contributed by atoms with Crippen molar-refractivity contribution in [2.75, 3.05) is 11.9 Å². The van der Waals surface area contributed by atoms with E-state index in [-0.39, 0.29) is 0 Å². The van der Waals surface area contributed by atoms with Gasteiger partial charge in [-0.25, -0.2) is 4.68 Å². The number of rotatable bonds is 2. The number of fused-ring (bicyclic) bond motifs is 2. The molecule has 2 aromatic carbocycles. The first-order valence-electron chi connectivity index (χ1n) is 8.19. The quantitative estimate of drug-likeness (QED) is 0.601. The first-order chi connectivity index (χ1) is 12.3. The summed E-state index contributed by atoms with van der Waals surface area (Å²) in [6.45, 7) is 0.856. The van der Waals surface area contributed by atoms with Gasteiger partial charge in [0.1, 0.15) is 23.2 Å². The Morgan fingerprint density at radius 1 is 1.12 bits per heavy atom. The SMILES string of the molecule is N#Cc1ccccc1-n1nc(-c2cc3ccccc3o2)c2c1NCC2. The zero-order valence-corrected chi connectivity index (χ0v) is 13.4. The van der Waals surface area contributed by atoms with E-state index >= 15 is 0 Å². The maximum atomic E-state index is 9.42. The van der Waals surface area contributed by atoms with Crippen molar-refractivity contribution in [1.29, 1.82) is 5.26 Å². The third-order valence-electron chi connectivity index (χ3n) is 4.56. The Labute approximate surface area is 144 Å². The Bertz CT molecular complexity index is 1110. The highest BCUT2D eigenvalue weighted by molar-refractivity contribution is 5.84. The zero-order valence-electron chi connectivity index (χ0n) is 13.4. The van der Waals surface area contributed by atoms with Gasteiger partial charge in [0.2, 0.25) is 0 Å². The van der Waals surface area contributed by atoms with Crippen LogP contribution < -0.4 is 5.32 Å². The van der Waals surface area contributed by atoms with Crippen molar-refractivity contribution in [2.45, 2.75) is 6.42 Å². The van der Waals surface area contributed by atoms with Crippen LogP contribution >= 0.6 is 0 Å². The van der Waals surface area contributed by atoms with Gasteiger partial charge in [0.25, 0.3) is 0 Å². The second kappa shape index (κ2) is 5.25. The van der Waals surface area contributed by atoms with Gasteiger partial charge in [-0.1, -0.05) is 30.3 Å². The van der Waals surface area contributed by atoms with Gasteiger partial charge in [0.05, 0.1) is 11.3 Å². The molecule has 0 spiro atoms. The van der Waals surface area contributed by atoms with Crippen molar-refractivity contribution in [3.05, 3.63) is 65.7 Å². The van der Waals surface area contributed by atoms with Gasteiger partial charge in [-0.2, -0.15) is 10.4 Å². The fourth-order valence-corrected chi connectivity index (χ4v) is 3.40. The lowest BCUT2D eigenvalue weighted by molar-refractivity contribution is 0.626. The summed E-state index contributed by atoms with van der Waals surface area (Å²) in [6.07, 6.45) is 0.885. The van der Waals surface area contributed by atoms with Crippen molar-refractivity contribution in [1.82, 2.24) is 9.78 Å². The lowest BCUT2D eigenvalue weighted by Crippen LogP contribution is -2.05. The first kappa shape index (κ1) is 13.9. The highest BCUT2D eigenvalue weighted by atomic mass is 16.3. The molecule has 3 heterocycles. The van der Waals surface area contributed by atoms with E-state index in [0.29, 0.717) is 5.56 Å². The van der Waals surface area contributed by atoms with Crippen LogP contribution in [0.3, 0.4) is 0 Å². The van der Waals surface area contributed by atoms with Crippen LogP contribution in [0.15, 0.2) is 59.0 Å². The number of hydrogen-bond acceptors (Lipinski definition) is 4. The molecule has 0 unspecified atom stereocenters. The normalized spacial score (nSPS) is 12.8. The maximum absolute atomic E-state index is 9.42. The summed E-state index contributed by atoms with van der Waals surface area (Å²) in [6, 6.07) is 19.7. The monoisotopic (exact) mass is 326 g/mol. The van der Waals surface area contributed by atoms with Gasteiger partial charge in [-0.05, 0) is 30.7 Å². The summed E-state index contributed by atoms with van der Waals surface area (Å²) in [5.74, 6) is 1.70. The third-order valence-corrected chi connectivity index (χ3v) is 4.56. The molecule has 0 saturated carbocycles. The number of nitriles is 1. The van der Waals surface area contributed by atoms with E-state index in [4.69, 9.17) is 9.52 Å². The molecule has 5 rings (SSSR count). The van der Waals surface area contributed by atoms with Crippen LogP contribution in [0.4, 0.5) is 5.82 Å². The summed E-state index contributed by atoms with van der Waals surface area (Å²) in [4.78, 5) is 0. The number of nitrogens with zero attached hydrogens (tertiary/aromatic N) is 3. The van der Waals surface area contributed by atoms with Gasteiger partial charge in [0, 0.05) is 17.5 Å². The van der Waals surface area contributed by atoms with E-state index in [1.54, 1.807) is 6.07 Å². The molecule has 5 nitrogen and oxygen atoms in total. The van der Waals surface area contributed by atoms with Gasteiger partial charge in [-0.3, -0.25) is 0 Å². The number of anilines is 1. The number of para-hydroxylation sites is 2. The molecule has 0 aliphatic carbocycles. The molecule has 1 aliphatic heterocycles. The van der Waals surface area contributed by atoms with Gasteiger partial charge >= 0.3 is 0 Å². The average molecular weight is 326 g/mol. The van der Waals surface area contributed by atoms with Crippen LogP contribution in [0, 0.1) is 11.3 Å². The Hall–Kier alpha value is -3.52. The molecule has 25 heavy (non-hydrogen) atoms. The smallest absolute Gasteiger partial charge is 0.156 e. The highest BCUT2D eigenvalue weighted by Gasteiger charge is 2.26. The molecule has 5 heteroatoms. The Kier molecular flexibility index (Phi) is 2.91. The van der Waals surface area contributed by atoms with E-state index in [9.17, 15) is 5.26 Å². The van der Waals surface area contributed by atoms with Crippen molar-refractivity contribution < 1.29 is 4.42 Å². The molecular formula is C20H14N4O. The summed E-state index contributed by atoms with van der Waals surface area (Å²) < 4.78 is 7.84. The van der Waals surface area contributed by atoms with E-state index < -0.39 is 0 Å². The highest BCUT2D eigenvalue weighted by Crippen LogP contribution is 2.37. The second-order valence-corrected chi connectivity index (χ2v) is 6.04. The predicted molar refractivity (Wildman–Crippen MR) is 95.7 cm³/mol. The molecule has 1 N–H and O–H groups in total. The molecule has 4 aromatic rings. The summed E-state index contributed by atoms with van der Waals surface area (Å²) in [5, 5.41) is 18.7. The van der Waals surface area contributed by atoms with Crippen LogP contribution in [0.5, 0.6) is 0 Å². The molecule has 0 amide bonds. The zero-order chi connectivity index (χ0) is 16.8. The van der Waals surface area contributed by atoms with Crippen molar-refractivity contribution in [3.63, 3.8) is 0 Å². The summed E-state index contributed by atoms with van der Waals surface area (Å²) in [5.41, 5.74) is 4.19. The van der Waals surface area contributed by atoms with E-state index in [2.05, 4.69) is 11.4 Å². The number of benzene rings is 2. The fraction of sp³-hybridized carbons (Fsp3) is 0.100. The predicted octanol–water partition coefficient (Wildman–Crippen LogP) is 4.13. The molecule has 0 saturated heterocycles. The summed E-state index contributed by atoms with van der Waals surface area (Å²) in [7, 11) is 0. The molecular weight excluding hydrogens is 312 g/mol. The standard InChI is InChI=1S/C20H14N4O/c21-12-14-6-1-3-7-16(14)24-20-15(9-10-22-20)19(23-24)18-11-13-5-2-4-8-17(13)25-18/h1-8,11,22H,9-10H2. The van der Waals surface area contributed by atoms with Crippen molar-refractivity contribution in [2.24, 2.45) is 0 Å². The van der Waals surface area contributed by atoms with Gasteiger partial charge in [0.15, 0.2) is 5.76 Å². The summed E-state index contributed by atoms with van der Waals surface area (Å²) >= 11 is 0. The van der Waals surface area contributed by atoms with Crippen molar-refractivity contribution in [3.8, 4) is 23.2 Å². The minimum atomic E-state index is 0.595. The third kappa shape index (κ3) is 2.05. The molecule has 1 aliphatic rings. The number of hydrogen-bond donors (Lipinski definition) is 1. The minimum absolute atomic E-state index is 0.595. The second-order valence-electron chi connectivity index (χ2n) is 6.04. The average Bonchev–Trinajstić information content (AvgIpc) is 3.35. The Balaban J connectivity index is 1.74. The van der Waals surface area contributed by atoms with Crippen LogP contribution in [0.25, 0.3) is 28.1 Å². The Morgan fingerprint density at radius 2 is 1.96 bits per heavy atom. The molecule has 0 bridgehead atoms. The van der Waals surface area contributed by atoms with Gasteiger partial charge < -0.3 is 9.73 Å². The van der Waals surface area contributed by atoms with E-state index in [1.165, 1.54) is 0 Å². The lowest BCUT2D eigenvalue weighted by Gasteiger charge is -2.07. The van der Waals surface area contributed by atoms with E-state index in [1.807, 2.05) is 53.2 Å². The Morgan fingerprint density at radius 3 is 2.84 bits per heavy atom. The van der Waals surface area contributed by atoms with E-state index in [0.717, 1.165) is 52.5 Å². The minimum Gasteiger partial charge on any atom is -0.454 e. The molecule has 120 valence electrons. The van der Waals surface area contributed by atoms with Crippen LogP contribution in [0.2, 0.25) is 0 Å². The number of aromatic nitrogens is 2. The molecule has 0 radical (unpaired) electrons.